The molecule has 2 amide bonds. The van der Waals surface area contributed by atoms with Gasteiger partial charge in [-0.15, -0.1) is 0 Å². The highest BCUT2D eigenvalue weighted by Gasteiger charge is 2.17. The molecule has 0 aromatic heterocycles. The second-order valence-electron chi connectivity index (χ2n) is 6.89. The third-order valence-electron chi connectivity index (χ3n) is 4.74. The van der Waals surface area contributed by atoms with Crippen molar-refractivity contribution in [1.82, 2.24) is 5.32 Å². The van der Waals surface area contributed by atoms with E-state index < -0.39 is 11.7 Å². The Balaban J connectivity index is 1.56. The fraction of sp³-hybridized carbons (Fsp3) is 0.333. The first-order valence-electron chi connectivity index (χ1n) is 9.51. The fourth-order valence-electron chi connectivity index (χ4n) is 3.29. The van der Waals surface area contributed by atoms with Crippen LogP contribution >= 0.6 is 23.2 Å². The number of nitrogens with one attached hydrogen (secondary N) is 2. The van der Waals surface area contributed by atoms with Crippen LogP contribution in [0.15, 0.2) is 36.4 Å². The average molecular weight is 438 g/mol. The summed E-state index contributed by atoms with van der Waals surface area (Å²) in [5.41, 5.74) is 1.78. The summed E-state index contributed by atoms with van der Waals surface area (Å²) in [6.45, 7) is 2.01. The monoisotopic (exact) mass is 437 g/mol. The number of halogens is 3. The molecule has 0 radical (unpaired) electrons. The molecule has 8 heteroatoms. The van der Waals surface area contributed by atoms with Crippen LogP contribution < -0.4 is 15.5 Å². The minimum atomic E-state index is -0.517. The van der Waals surface area contributed by atoms with Gasteiger partial charge in [0.05, 0.1) is 22.0 Å². The second-order valence-corrected chi connectivity index (χ2v) is 7.73. The van der Waals surface area contributed by atoms with Gasteiger partial charge in [0.2, 0.25) is 5.91 Å². The van der Waals surface area contributed by atoms with E-state index in [9.17, 15) is 14.0 Å². The van der Waals surface area contributed by atoms with Crippen LogP contribution in [0.3, 0.4) is 0 Å². The zero-order chi connectivity index (χ0) is 20.8. The van der Waals surface area contributed by atoms with E-state index in [1.54, 1.807) is 6.07 Å². The van der Waals surface area contributed by atoms with Gasteiger partial charge >= 0.3 is 0 Å². The molecule has 154 valence electrons. The summed E-state index contributed by atoms with van der Waals surface area (Å²) in [4.78, 5) is 26.8. The SMILES string of the molecule is O=C(CCNC(=O)c1ccc(F)cc1Cl)Nc1cc(Cl)ccc1N1CCCCC1. The Morgan fingerprint density at radius 1 is 1.03 bits per heavy atom. The van der Waals surface area contributed by atoms with Gasteiger partial charge in [0.15, 0.2) is 0 Å². The first-order chi connectivity index (χ1) is 13.9. The maximum absolute atomic E-state index is 13.1. The number of rotatable bonds is 6. The summed E-state index contributed by atoms with van der Waals surface area (Å²) in [7, 11) is 0. The van der Waals surface area contributed by atoms with E-state index in [-0.39, 0.29) is 29.5 Å². The lowest BCUT2D eigenvalue weighted by atomic mass is 10.1. The molecule has 1 fully saturated rings. The van der Waals surface area contributed by atoms with Gasteiger partial charge in [-0.05, 0) is 55.7 Å². The van der Waals surface area contributed by atoms with Crippen molar-refractivity contribution < 1.29 is 14.0 Å². The van der Waals surface area contributed by atoms with Crippen molar-refractivity contribution in [2.24, 2.45) is 0 Å². The quantitative estimate of drug-likeness (QED) is 0.676. The summed E-state index contributed by atoms with van der Waals surface area (Å²) in [6, 6.07) is 9.01. The predicted molar refractivity (Wildman–Crippen MR) is 115 cm³/mol. The molecule has 0 atom stereocenters. The summed E-state index contributed by atoms with van der Waals surface area (Å²) in [6.07, 6.45) is 3.53. The minimum absolute atomic E-state index is 0.0250. The van der Waals surface area contributed by atoms with Crippen LogP contribution in [-0.2, 0) is 4.79 Å². The molecular formula is C21H22Cl2FN3O2. The molecule has 2 N–H and O–H groups in total. The smallest absolute Gasteiger partial charge is 0.252 e. The van der Waals surface area contributed by atoms with Crippen molar-refractivity contribution in [3.63, 3.8) is 0 Å². The van der Waals surface area contributed by atoms with Gasteiger partial charge in [-0.3, -0.25) is 9.59 Å². The second kappa shape index (κ2) is 9.94. The van der Waals surface area contributed by atoms with E-state index in [4.69, 9.17) is 23.2 Å². The molecule has 1 saturated heterocycles. The minimum Gasteiger partial charge on any atom is -0.370 e. The lowest BCUT2D eigenvalue weighted by Gasteiger charge is -2.30. The molecule has 1 heterocycles. The van der Waals surface area contributed by atoms with Gasteiger partial charge < -0.3 is 15.5 Å². The first-order valence-corrected chi connectivity index (χ1v) is 10.3. The normalized spacial score (nSPS) is 13.8. The van der Waals surface area contributed by atoms with Gasteiger partial charge in [0.25, 0.3) is 5.91 Å². The molecule has 0 saturated carbocycles. The number of anilines is 2. The van der Waals surface area contributed by atoms with E-state index in [0.717, 1.165) is 43.8 Å². The van der Waals surface area contributed by atoms with Crippen molar-refractivity contribution in [2.45, 2.75) is 25.7 Å². The highest BCUT2D eigenvalue weighted by atomic mass is 35.5. The van der Waals surface area contributed by atoms with Gasteiger partial charge in [-0.2, -0.15) is 0 Å². The Kier molecular flexibility index (Phi) is 7.34. The number of piperidine rings is 1. The van der Waals surface area contributed by atoms with E-state index in [2.05, 4.69) is 15.5 Å². The number of carbonyl (C=O) groups excluding carboxylic acids is 2. The van der Waals surface area contributed by atoms with Crippen LogP contribution in [0.5, 0.6) is 0 Å². The number of nitrogens with zero attached hydrogens (tertiary/aromatic N) is 1. The zero-order valence-corrected chi connectivity index (χ0v) is 17.3. The van der Waals surface area contributed by atoms with Crippen molar-refractivity contribution >= 4 is 46.4 Å². The molecule has 0 bridgehead atoms. The van der Waals surface area contributed by atoms with Crippen LogP contribution in [0.1, 0.15) is 36.0 Å². The standard InChI is InChI=1S/C21H22Cl2FN3O2/c22-14-4-7-19(27-10-2-1-3-11-27)18(12-14)26-20(28)8-9-25-21(29)16-6-5-15(24)13-17(16)23/h4-7,12-13H,1-3,8-11H2,(H,25,29)(H,26,28). The topological polar surface area (TPSA) is 61.4 Å². The molecule has 29 heavy (non-hydrogen) atoms. The number of benzene rings is 2. The van der Waals surface area contributed by atoms with Crippen LogP contribution in [0.25, 0.3) is 0 Å². The summed E-state index contributed by atoms with van der Waals surface area (Å²) in [5.74, 6) is -1.22. The van der Waals surface area contributed by atoms with E-state index in [0.29, 0.717) is 10.7 Å². The van der Waals surface area contributed by atoms with E-state index >= 15 is 0 Å². The van der Waals surface area contributed by atoms with Crippen molar-refractivity contribution in [3.05, 3.63) is 57.8 Å². The zero-order valence-electron chi connectivity index (χ0n) is 15.8. The molecule has 2 aromatic rings. The highest BCUT2D eigenvalue weighted by molar-refractivity contribution is 6.33. The average Bonchev–Trinajstić information content (AvgIpc) is 2.68. The number of hydrogen-bond donors (Lipinski definition) is 2. The summed E-state index contributed by atoms with van der Waals surface area (Å²) >= 11 is 12.0. The Morgan fingerprint density at radius 3 is 2.52 bits per heavy atom. The molecule has 0 spiro atoms. The summed E-state index contributed by atoms with van der Waals surface area (Å²) < 4.78 is 13.1. The van der Waals surface area contributed by atoms with E-state index in [1.807, 2.05) is 12.1 Å². The maximum atomic E-state index is 13.1. The third kappa shape index (κ3) is 5.84. The number of carbonyl (C=O) groups is 2. The van der Waals surface area contributed by atoms with Crippen LogP contribution in [0, 0.1) is 5.82 Å². The molecule has 5 nitrogen and oxygen atoms in total. The first kappa shape index (κ1) is 21.4. The van der Waals surface area contributed by atoms with Gasteiger partial charge in [-0.25, -0.2) is 4.39 Å². The van der Waals surface area contributed by atoms with Gasteiger partial charge in [0, 0.05) is 31.1 Å². The Hall–Kier alpha value is -2.31. The molecule has 0 aliphatic carbocycles. The van der Waals surface area contributed by atoms with Crippen molar-refractivity contribution in [1.29, 1.82) is 0 Å². The van der Waals surface area contributed by atoms with Gasteiger partial charge in [-0.1, -0.05) is 23.2 Å². The molecule has 1 aliphatic rings. The van der Waals surface area contributed by atoms with Crippen LogP contribution in [0.2, 0.25) is 10.0 Å². The Labute approximate surface area is 179 Å². The highest BCUT2D eigenvalue weighted by Crippen LogP contribution is 2.31. The largest absolute Gasteiger partial charge is 0.370 e. The van der Waals surface area contributed by atoms with Crippen molar-refractivity contribution in [2.75, 3.05) is 29.9 Å². The number of hydrogen-bond acceptors (Lipinski definition) is 3. The maximum Gasteiger partial charge on any atom is 0.252 e. The van der Waals surface area contributed by atoms with E-state index in [1.165, 1.54) is 12.5 Å². The lowest BCUT2D eigenvalue weighted by molar-refractivity contribution is -0.116. The molecule has 0 unspecified atom stereocenters. The molecule has 1 aliphatic heterocycles. The molecule has 3 rings (SSSR count). The lowest BCUT2D eigenvalue weighted by Crippen LogP contribution is -2.31. The number of amides is 2. The predicted octanol–water partition coefficient (Wildman–Crippen LogP) is 4.88. The third-order valence-corrected chi connectivity index (χ3v) is 5.29. The molecule has 2 aromatic carbocycles. The summed E-state index contributed by atoms with van der Waals surface area (Å²) in [5, 5.41) is 6.08. The molecular weight excluding hydrogens is 416 g/mol. The fourth-order valence-corrected chi connectivity index (χ4v) is 3.72. The Morgan fingerprint density at radius 2 is 1.79 bits per heavy atom. The van der Waals surface area contributed by atoms with Crippen LogP contribution in [0.4, 0.5) is 15.8 Å². The van der Waals surface area contributed by atoms with Crippen molar-refractivity contribution in [3.8, 4) is 0 Å². The van der Waals surface area contributed by atoms with Gasteiger partial charge in [0.1, 0.15) is 5.82 Å². The van der Waals surface area contributed by atoms with Crippen LogP contribution in [-0.4, -0.2) is 31.4 Å². The Bertz CT molecular complexity index is 901.